The number of allylic oxidation sites excluding steroid dienone is 1. The highest BCUT2D eigenvalue weighted by atomic mass is 79.9. The topological polar surface area (TPSA) is 92.3 Å². The molecule has 6 nitrogen and oxygen atoms in total. The molecule has 0 saturated heterocycles. The molecular weight excluding hydrogens is 352 g/mol. The zero-order valence-corrected chi connectivity index (χ0v) is 13.6. The van der Waals surface area contributed by atoms with Gasteiger partial charge in [0.2, 0.25) is 0 Å². The van der Waals surface area contributed by atoms with Crippen LogP contribution >= 0.6 is 15.9 Å². The summed E-state index contributed by atoms with van der Waals surface area (Å²) in [6.45, 7) is 1.74. The highest BCUT2D eigenvalue weighted by Gasteiger charge is 2.12. The standard InChI is InChI=1S/C15H13BrN2O4/c1-3-21-15(19)9-22-14-6-12(16)11(5-13(14)20-2)4-10(7-17)8-18/h4-6H,3,9H2,1-2H3. The maximum atomic E-state index is 11.3. The first-order chi connectivity index (χ1) is 10.5. The predicted octanol–water partition coefficient (Wildman–Crippen LogP) is 2.83. The Hall–Kier alpha value is -2.51. The number of methoxy groups -OCH3 is 1. The first-order valence-electron chi connectivity index (χ1n) is 6.23. The number of esters is 1. The summed E-state index contributed by atoms with van der Waals surface area (Å²) in [4.78, 5) is 11.3. The van der Waals surface area contributed by atoms with Gasteiger partial charge in [0.15, 0.2) is 18.1 Å². The van der Waals surface area contributed by atoms with Gasteiger partial charge in [0.05, 0.1) is 13.7 Å². The number of carbonyl (C=O) groups excluding carboxylic acids is 1. The zero-order valence-electron chi connectivity index (χ0n) is 12.1. The number of hydrogen-bond acceptors (Lipinski definition) is 6. The maximum Gasteiger partial charge on any atom is 0.344 e. The van der Waals surface area contributed by atoms with Gasteiger partial charge in [-0.25, -0.2) is 4.79 Å². The summed E-state index contributed by atoms with van der Waals surface area (Å²) in [7, 11) is 1.45. The van der Waals surface area contributed by atoms with Crippen molar-refractivity contribution in [2.24, 2.45) is 0 Å². The lowest BCUT2D eigenvalue weighted by atomic mass is 10.1. The number of halogens is 1. The van der Waals surface area contributed by atoms with Crippen LogP contribution in [0.25, 0.3) is 6.08 Å². The molecule has 0 fully saturated rings. The predicted molar refractivity (Wildman–Crippen MR) is 82.0 cm³/mol. The van der Waals surface area contributed by atoms with E-state index in [0.717, 1.165) is 0 Å². The minimum absolute atomic E-state index is 0.0389. The van der Waals surface area contributed by atoms with Crippen molar-refractivity contribution in [1.29, 1.82) is 10.5 Å². The van der Waals surface area contributed by atoms with Gasteiger partial charge in [-0.15, -0.1) is 0 Å². The minimum atomic E-state index is -0.485. The van der Waals surface area contributed by atoms with Crippen LogP contribution in [0.5, 0.6) is 11.5 Å². The monoisotopic (exact) mass is 364 g/mol. The van der Waals surface area contributed by atoms with Crippen molar-refractivity contribution in [3.05, 3.63) is 27.7 Å². The zero-order chi connectivity index (χ0) is 16.5. The molecule has 0 saturated carbocycles. The lowest BCUT2D eigenvalue weighted by molar-refractivity contribution is -0.145. The largest absolute Gasteiger partial charge is 0.493 e. The van der Waals surface area contributed by atoms with Crippen molar-refractivity contribution in [3.8, 4) is 23.6 Å². The number of nitrogens with zero attached hydrogens (tertiary/aromatic N) is 2. The Labute approximate surface area is 136 Å². The summed E-state index contributed by atoms with van der Waals surface area (Å²) >= 11 is 3.32. The molecule has 0 N–H and O–H groups in total. The van der Waals surface area contributed by atoms with E-state index >= 15 is 0 Å². The molecule has 1 aromatic rings. The van der Waals surface area contributed by atoms with Gasteiger partial charge in [0, 0.05) is 4.47 Å². The lowest BCUT2D eigenvalue weighted by Crippen LogP contribution is -2.14. The quantitative estimate of drug-likeness (QED) is 0.569. The molecule has 0 spiro atoms. The molecule has 0 unspecified atom stereocenters. The van der Waals surface area contributed by atoms with E-state index in [-0.39, 0.29) is 18.8 Å². The van der Waals surface area contributed by atoms with E-state index in [1.165, 1.54) is 13.2 Å². The van der Waals surface area contributed by atoms with E-state index in [1.54, 1.807) is 31.2 Å². The summed E-state index contributed by atoms with van der Waals surface area (Å²) in [5.41, 5.74) is 0.543. The van der Waals surface area contributed by atoms with E-state index in [4.69, 9.17) is 24.7 Å². The summed E-state index contributed by atoms with van der Waals surface area (Å²) in [6, 6.07) is 6.75. The first kappa shape index (κ1) is 17.5. The molecule has 22 heavy (non-hydrogen) atoms. The van der Waals surface area contributed by atoms with Crippen molar-refractivity contribution in [2.45, 2.75) is 6.92 Å². The smallest absolute Gasteiger partial charge is 0.344 e. The van der Waals surface area contributed by atoms with Gasteiger partial charge in [-0.1, -0.05) is 15.9 Å². The van der Waals surface area contributed by atoms with E-state index in [9.17, 15) is 4.79 Å². The van der Waals surface area contributed by atoms with E-state index < -0.39 is 5.97 Å². The SMILES string of the molecule is CCOC(=O)COc1cc(Br)c(C=C(C#N)C#N)cc1OC. The lowest BCUT2D eigenvalue weighted by Gasteiger charge is -2.12. The van der Waals surface area contributed by atoms with Gasteiger partial charge in [-0.2, -0.15) is 10.5 Å². The van der Waals surface area contributed by atoms with Gasteiger partial charge < -0.3 is 14.2 Å². The molecular formula is C15H13BrN2O4. The third-order valence-electron chi connectivity index (χ3n) is 2.47. The summed E-state index contributed by atoms with van der Waals surface area (Å²) in [5, 5.41) is 17.6. The molecule has 0 aliphatic carbocycles. The highest BCUT2D eigenvalue weighted by molar-refractivity contribution is 9.10. The fourth-order valence-electron chi connectivity index (χ4n) is 1.52. The van der Waals surface area contributed by atoms with Crippen LogP contribution in [0.2, 0.25) is 0 Å². The Morgan fingerprint density at radius 1 is 1.32 bits per heavy atom. The molecule has 0 aliphatic rings. The third-order valence-corrected chi connectivity index (χ3v) is 3.16. The van der Waals surface area contributed by atoms with Gasteiger partial charge in [-0.3, -0.25) is 0 Å². The molecule has 0 bridgehead atoms. The average molecular weight is 365 g/mol. The fourth-order valence-corrected chi connectivity index (χ4v) is 1.96. The van der Waals surface area contributed by atoms with Crippen LogP contribution in [0.15, 0.2) is 22.2 Å². The van der Waals surface area contributed by atoms with Crippen molar-refractivity contribution in [3.63, 3.8) is 0 Å². The minimum Gasteiger partial charge on any atom is -0.493 e. The van der Waals surface area contributed by atoms with Crippen molar-refractivity contribution >= 4 is 28.0 Å². The Morgan fingerprint density at radius 2 is 2.00 bits per heavy atom. The van der Waals surface area contributed by atoms with Gasteiger partial charge >= 0.3 is 5.97 Å². The Kier molecular flexibility index (Phi) is 6.94. The molecule has 0 atom stereocenters. The van der Waals surface area contributed by atoms with Crippen LogP contribution in [0.1, 0.15) is 12.5 Å². The average Bonchev–Trinajstić information content (AvgIpc) is 2.52. The van der Waals surface area contributed by atoms with Crippen LogP contribution in [-0.4, -0.2) is 26.3 Å². The number of rotatable bonds is 6. The molecule has 1 rings (SSSR count). The highest BCUT2D eigenvalue weighted by Crippen LogP contribution is 2.34. The van der Waals surface area contributed by atoms with Crippen LogP contribution in [0.4, 0.5) is 0 Å². The second kappa shape index (κ2) is 8.71. The van der Waals surface area contributed by atoms with E-state index in [1.807, 2.05) is 0 Å². The van der Waals surface area contributed by atoms with Crippen LogP contribution in [0.3, 0.4) is 0 Å². The molecule has 1 aromatic carbocycles. The normalized spacial score (nSPS) is 9.14. The molecule has 0 heterocycles. The van der Waals surface area contributed by atoms with Crippen molar-refractivity contribution in [2.75, 3.05) is 20.3 Å². The van der Waals surface area contributed by atoms with E-state index in [2.05, 4.69) is 15.9 Å². The molecule has 0 radical (unpaired) electrons. The van der Waals surface area contributed by atoms with Crippen LogP contribution in [-0.2, 0) is 9.53 Å². The maximum absolute atomic E-state index is 11.3. The summed E-state index contributed by atoms with van der Waals surface area (Å²) < 4.78 is 15.9. The number of ether oxygens (including phenoxy) is 3. The molecule has 0 aliphatic heterocycles. The molecule has 0 amide bonds. The first-order valence-corrected chi connectivity index (χ1v) is 7.02. The van der Waals surface area contributed by atoms with Gasteiger partial charge in [-0.05, 0) is 30.7 Å². The fraction of sp³-hybridized carbons (Fsp3) is 0.267. The second-order valence-corrected chi connectivity index (χ2v) is 4.75. The van der Waals surface area contributed by atoms with E-state index in [0.29, 0.717) is 21.5 Å². The second-order valence-electron chi connectivity index (χ2n) is 3.90. The molecule has 0 aromatic heterocycles. The van der Waals surface area contributed by atoms with Crippen molar-refractivity contribution in [1.82, 2.24) is 0 Å². The summed E-state index contributed by atoms with van der Waals surface area (Å²) in [6.07, 6.45) is 1.42. The number of carbonyl (C=O) groups is 1. The van der Waals surface area contributed by atoms with Crippen molar-refractivity contribution < 1.29 is 19.0 Å². The van der Waals surface area contributed by atoms with Gasteiger partial charge in [0.25, 0.3) is 0 Å². The van der Waals surface area contributed by atoms with Crippen LogP contribution in [0, 0.1) is 22.7 Å². The number of hydrogen-bond donors (Lipinski definition) is 0. The number of nitriles is 2. The molecule has 114 valence electrons. The Morgan fingerprint density at radius 3 is 2.55 bits per heavy atom. The number of benzene rings is 1. The van der Waals surface area contributed by atoms with Gasteiger partial charge in [0.1, 0.15) is 17.7 Å². The third kappa shape index (κ3) is 4.80. The molecule has 7 heteroatoms. The van der Waals surface area contributed by atoms with Crippen LogP contribution < -0.4 is 9.47 Å². The Balaban J connectivity index is 3.06. The Bertz CT molecular complexity index is 655. The summed E-state index contributed by atoms with van der Waals surface area (Å²) in [5.74, 6) is 0.227.